The number of anilines is 1. The minimum Gasteiger partial charge on any atom is -0.360 e. The molecule has 0 bridgehead atoms. The Morgan fingerprint density at radius 1 is 0.967 bits per heavy atom. The fourth-order valence-electron chi connectivity index (χ4n) is 4.17. The lowest BCUT2D eigenvalue weighted by Gasteiger charge is -2.37. The molecule has 3 aromatic rings. The number of tetrazole rings is 1. The monoisotopic (exact) mass is 409 g/mol. The molecule has 0 aliphatic carbocycles. The molecule has 1 aliphatic rings. The van der Waals surface area contributed by atoms with Gasteiger partial charge in [0.1, 0.15) is 5.82 Å². The lowest BCUT2D eigenvalue weighted by atomic mass is 10.0. The number of quaternary nitrogens is 1. The van der Waals surface area contributed by atoms with Gasteiger partial charge in [0.25, 0.3) is 0 Å². The number of hydrogen-bond acceptors (Lipinski definition) is 4. The lowest BCUT2D eigenvalue weighted by molar-refractivity contribution is -0.927. The Hall–Kier alpha value is -2.80. The van der Waals surface area contributed by atoms with E-state index in [2.05, 4.69) is 72.4 Å². The van der Waals surface area contributed by atoms with Crippen LogP contribution in [0.2, 0.25) is 0 Å². The molecular weight excluding hydrogens is 379 g/mol. The Bertz CT molecular complexity index is 966. The van der Waals surface area contributed by atoms with Crippen molar-refractivity contribution in [2.45, 2.75) is 39.3 Å². The van der Waals surface area contributed by atoms with Gasteiger partial charge in [-0.3, -0.25) is 0 Å². The number of nitrogens with zero attached hydrogens (tertiary/aromatic N) is 5. The third-order valence-corrected chi connectivity index (χ3v) is 5.80. The molecule has 1 fully saturated rings. The summed E-state index contributed by atoms with van der Waals surface area (Å²) in [5.41, 5.74) is 3.34. The lowest BCUT2D eigenvalue weighted by Crippen LogP contribution is -3.15. The van der Waals surface area contributed by atoms with E-state index in [0.29, 0.717) is 0 Å². The van der Waals surface area contributed by atoms with Crippen LogP contribution in [0.15, 0.2) is 48.5 Å². The summed E-state index contributed by atoms with van der Waals surface area (Å²) < 4.78 is 15.2. The van der Waals surface area contributed by atoms with Crippen LogP contribution in [0, 0.1) is 12.7 Å². The highest BCUT2D eigenvalue weighted by Gasteiger charge is 2.36. The zero-order valence-corrected chi connectivity index (χ0v) is 18.1. The molecule has 0 spiro atoms. The van der Waals surface area contributed by atoms with Crippen molar-refractivity contribution >= 4 is 5.69 Å². The van der Waals surface area contributed by atoms with Gasteiger partial charge in [-0.25, -0.2) is 9.07 Å². The third kappa shape index (κ3) is 4.21. The second-order valence-electron chi connectivity index (χ2n) is 9.09. The van der Waals surface area contributed by atoms with Gasteiger partial charge in [0, 0.05) is 11.3 Å². The Kier molecular flexibility index (Phi) is 5.56. The average molecular weight is 410 g/mol. The maximum atomic E-state index is 13.3. The predicted molar refractivity (Wildman–Crippen MR) is 115 cm³/mol. The molecule has 6 nitrogen and oxygen atoms in total. The summed E-state index contributed by atoms with van der Waals surface area (Å²) in [6.07, 6.45) is 0. The quantitative estimate of drug-likeness (QED) is 0.719. The molecule has 2 heterocycles. The van der Waals surface area contributed by atoms with Crippen LogP contribution in [-0.2, 0) is 5.54 Å². The topological polar surface area (TPSA) is 51.3 Å². The second kappa shape index (κ2) is 8.14. The molecule has 7 heteroatoms. The minimum atomic E-state index is -0.198. The summed E-state index contributed by atoms with van der Waals surface area (Å²) in [4.78, 5) is 3.76. The van der Waals surface area contributed by atoms with Gasteiger partial charge in [0.05, 0.1) is 31.7 Å². The molecule has 2 aromatic carbocycles. The van der Waals surface area contributed by atoms with E-state index in [4.69, 9.17) is 0 Å². The van der Waals surface area contributed by atoms with Crippen molar-refractivity contribution in [3.8, 4) is 0 Å². The molecule has 0 amide bonds. The highest BCUT2D eigenvalue weighted by Crippen LogP contribution is 2.23. The highest BCUT2D eigenvalue weighted by molar-refractivity contribution is 5.46. The Morgan fingerprint density at radius 3 is 2.20 bits per heavy atom. The number of halogens is 1. The minimum absolute atomic E-state index is 0.0650. The molecule has 0 unspecified atom stereocenters. The number of benzene rings is 2. The van der Waals surface area contributed by atoms with Gasteiger partial charge < -0.3 is 9.80 Å². The van der Waals surface area contributed by atoms with E-state index in [9.17, 15) is 4.39 Å². The van der Waals surface area contributed by atoms with Gasteiger partial charge in [0.15, 0.2) is 6.04 Å². The van der Waals surface area contributed by atoms with E-state index in [1.807, 2.05) is 16.8 Å². The van der Waals surface area contributed by atoms with Crippen LogP contribution in [0.3, 0.4) is 0 Å². The fraction of sp³-hybridized carbons (Fsp3) is 0.435. The summed E-state index contributed by atoms with van der Waals surface area (Å²) in [6, 6.07) is 15.5. The average Bonchev–Trinajstić information content (AvgIpc) is 3.21. The number of piperazine rings is 1. The van der Waals surface area contributed by atoms with Gasteiger partial charge in [-0.15, -0.1) is 5.10 Å². The molecule has 1 saturated heterocycles. The van der Waals surface area contributed by atoms with Gasteiger partial charge in [-0.1, -0.05) is 29.8 Å². The van der Waals surface area contributed by atoms with Crippen molar-refractivity contribution in [2.75, 3.05) is 31.1 Å². The third-order valence-electron chi connectivity index (χ3n) is 5.80. The van der Waals surface area contributed by atoms with Gasteiger partial charge in [-0.2, -0.15) is 0 Å². The Balaban J connectivity index is 1.62. The van der Waals surface area contributed by atoms with Crippen molar-refractivity contribution in [1.29, 1.82) is 0 Å². The molecule has 1 aliphatic heterocycles. The molecule has 1 N–H and O–H groups in total. The first-order chi connectivity index (χ1) is 14.3. The SMILES string of the molecule is Cc1ccc([C@H](c2nnnn2C(C)(C)C)[NH+]2CCN(c3ccc(F)cc3)CC2)cc1. The summed E-state index contributed by atoms with van der Waals surface area (Å²) in [6.45, 7) is 12.2. The summed E-state index contributed by atoms with van der Waals surface area (Å²) in [7, 11) is 0. The van der Waals surface area contributed by atoms with Crippen LogP contribution in [0.5, 0.6) is 0 Å². The maximum absolute atomic E-state index is 13.3. The van der Waals surface area contributed by atoms with Crippen LogP contribution >= 0.6 is 0 Å². The number of aromatic nitrogens is 4. The first-order valence-corrected chi connectivity index (χ1v) is 10.5. The first kappa shape index (κ1) is 20.5. The molecule has 4 rings (SSSR count). The van der Waals surface area contributed by atoms with E-state index in [1.165, 1.54) is 28.2 Å². The van der Waals surface area contributed by atoms with E-state index in [1.54, 1.807) is 0 Å². The molecule has 0 radical (unpaired) electrons. The molecular formula is C23H30FN6+. The summed E-state index contributed by atoms with van der Waals surface area (Å²) in [5, 5.41) is 12.8. The number of hydrogen-bond donors (Lipinski definition) is 1. The van der Waals surface area contributed by atoms with Gasteiger partial charge >= 0.3 is 0 Å². The molecule has 0 saturated carbocycles. The zero-order valence-electron chi connectivity index (χ0n) is 18.1. The van der Waals surface area contributed by atoms with Crippen LogP contribution in [-0.4, -0.2) is 46.4 Å². The summed E-state index contributed by atoms with van der Waals surface area (Å²) in [5.74, 6) is 0.702. The van der Waals surface area contributed by atoms with E-state index >= 15 is 0 Å². The van der Waals surface area contributed by atoms with Crippen molar-refractivity contribution in [3.05, 3.63) is 71.3 Å². The van der Waals surface area contributed by atoms with Crippen molar-refractivity contribution in [1.82, 2.24) is 20.2 Å². The van der Waals surface area contributed by atoms with Crippen LogP contribution < -0.4 is 9.80 Å². The standard InChI is InChI=1S/C23H29FN6/c1-17-5-7-18(8-6-17)21(22-25-26-27-30(22)23(2,3)4)29-15-13-28(14-16-29)20-11-9-19(24)10-12-20/h5-12,21H,13-16H2,1-4H3/p+1/t21-/m1/s1. The Labute approximate surface area is 177 Å². The van der Waals surface area contributed by atoms with Gasteiger partial charge in [0.2, 0.25) is 5.82 Å². The smallest absolute Gasteiger partial charge is 0.214 e. The van der Waals surface area contributed by atoms with Crippen LogP contribution in [0.4, 0.5) is 10.1 Å². The van der Waals surface area contributed by atoms with E-state index in [-0.39, 0.29) is 17.4 Å². The highest BCUT2D eigenvalue weighted by atomic mass is 19.1. The number of aryl methyl sites for hydroxylation is 1. The molecule has 1 atom stereocenters. The predicted octanol–water partition coefficient (Wildman–Crippen LogP) is 2.37. The van der Waals surface area contributed by atoms with Crippen LogP contribution in [0.25, 0.3) is 0 Å². The number of rotatable bonds is 4. The zero-order chi connectivity index (χ0) is 21.3. The molecule has 1 aromatic heterocycles. The number of nitrogens with one attached hydrogen (secondary N) is 1. The normalized spacial score (nSPS) is 16.6. The maximum Gasteiger partial charge on any atom is 0.214 e. The first-order valence-electron chi connectivity index (χ1n) is 10.5. The Morgan fingerprint density at radius 2 is 1.60 bits per heavy atom. The fourth-order valence-corrected chi connectivity index (χ4v) is 4.17. The molecule has 158 valence electrons. The largest absolute Gasteiger partial charge is 0.360 e. The van der Waals surface area contributed by atoms with Crippen LogP contribution in [0.1, 0.15) is 43.8 Å². The van der Waals surface area contributed by atoms with E-state index in [0.717, 1.165) is 37.7 Å². The van der Waals surface area contributed by atoms with Crippen molar-refractivity contribution in [3.63, 3.8) is 0 Å². The van der Waals surface area contributed by atoms with Gasteiger partial charge in [-0.05, 0) is 62.4 Å². The van der Waals surface area contributed by atoms with Crippen molar-refractivity contribution < 1.29 is 9.29 Å². The van der Waals surface area contributed by atoms with Crippen molar-refractivity contribution in [2.24, 2.45) is 0 Å². The summed E-state index contributed by atoms with van der Waals surface area (Å²) >= 11 is 0. The molecule has 30 heavy (non-hydrogen) atoms. The van der Waals surface area contributed by atoms with E-state index < -0.39 is 0 Å². The second-order valence-corrected chi connectivity index (χ2v) is 9.09.